The van der Waals surface area contributed by atoms with E-state index >= 15 is 0 Å². The largest absolute Gasteiger partial charge is 0.477 e. The number of carboxylic acids is 1. The fraction of sp³-hybridized carbons (Fsp3) is 0.0952. The van der Waals surface area contributed by atoms with Crippen molar-refractivity contribution >= 4 is 5.97 Å². The van der Waals surface area contributed by atoms with Gasteiger partial charge in [-0.25, -0.2) is 4.79 Å². The van der Waals surface area contributed by atoms with Crippen molar-refractivity contribution in [2.24, 2.45) is 0 Å². The molecule has 4 aromatic rings. The van der Waals surface area contributed by atoms with E-state index in [1.54, 1.807) is 18.2 Å². The molecule has 2 aromatic carbocycles. The fourth-order valence-electron chi connectivity index (χ4n) is 2.91. The van der Waals surface area contributed by atoms with Gasteiger partial charge >= 0.3 is 42.0 Å². The maximum Gasteiger partial charge on any atom is 0.343 e. The third kappa shape index (κ3) is 4.61. The number of rotatable bonds is 3. The van der Waals surface area contributed by atoms with E-state index in [0.29, 0.717) is 11.5 Å². The molecule has 1 N–H and O–H groups in total. The Morgan fingerprint density at radius 1 is 0.686 bits per heavy atom. The van der Waals surface area contributed by atoms with Gasteiger partial charge in [0.15, 0.2) is 0 Å². The lowest BCUT2D eigenvalue weighted by Crippen LogP contribution is -2.07. The van der Waals surface area contributed by atoms with Crippen molar-refractivity contribution < 1.29 is 38.3 Å². The van der Waals surface area contributed by atoms with Crippen LogP contribution >= 0.6 is 0 Å². The number of fused-ring (bicyclic) bond motifs is 8. The number of ether oxygens (including phenoxy) is 6. The number of aromatic carboxylic acids is 1. The van der Waals surface area contributed by atoms with Crippen molar-refractivity contribution in [1.82, 2.24) is 29.9 Å². The molecule has 0 saturated carbocycles. The maximum atomic E-state index is 12.1. The number of carboxylic acid groups (broad SMARTS) is 1. The van der Waals surface area contributed by atoms with Crippen molar-refractivity contribution in [3.63, 3.8) is 0 Å². The number of hydrogen-bond donors (Lipinski definition) is 1. The van der Waals surface area contributed by atoms with Crippen LogP contribution in [0.15, 0.2) is 42.5 Å². The van der Waals surface area contributed by atoms with Gasteiger partial charge in [0.05, 0.1) is 14.2 Å². The Morgan fingerprint density at radius 3 is 1.54 bits per heavy atom. The summed E-state index contributed by atoms with van der Waals surface area (Å²) < 4.78 is 32.9. The highest BCUT2D eigenvalue weighted by molar-refractivity contribution is 5.94. The molecule has 0 spiro atoms. The molecule has 14 heteroatoms. The quantitative estimate of drug-likeness (QED) is 0.400. The molecule has 2 aromatic heterocycles. The molecule has 0 aliphatic carbocycles. The molecular weight excluding hydrogens is 464 g/mol. The molecule has 3 heterocycles. The van der Waals surface area contributed by atoms with Crippen LogP contribution in [0.4, 0.5) is 0 Å². The topological polar surface area (TPSA) is 170 Å². The molecule has 14 nitrogen and oxygen atoms in total. The minimum atomic E-state index is -1.36. The number of nitrogens with zero attached hydrogens (tertiary/aromatic N) is 6. The third-order valence-corrected chi connectivity index (χ3v) is 4.34. The highest BCUT2D eigenvalue weighted by atomic mass is 16.5. The van der Waals surface area contributed by atoms with Crippen molar-refractivity contribution in [2.75, 3.05) is 14.2 Å². The van der Waals surface area contributed by atoms with Crippen LogP contribution in [0, 0.1) is 0 Å². The molecule has 0 radical (unpaired) electrons. The predicted octanol–water partition coefficient (Wildman–Crippen LogP) is 3.25. The van der Waals surface area contributed by atoms with Crippen LogP contribution in [0.25, 0.3) is 0 Å². The van der Waals surface area contributed by atoms with Gasteiger partial charge in [0, 0.05) is 6.07 Å². The van der Waals surface area contributed by atoms with E-state index in [1.807, 2.05) is 0 Å². The Bertz CT molecular complexity index is 1340. The fourth-order valence-corrected chi connectivity index (χ4v) is 2.91. The van der Waals surface area contributed by atoms with Gasteiger partial charge in [-0.2, -0.15) is 0 Å². The average molecular weight is 478 g/mol. The summed E-state index contributed by atoms with van der Waals surface area (Å²) in [7, 11) is 2.69. The van der Waals surface area contributed by atoms with Gasteiger partial charge in [-0.3, -0.25) is 0 Å². The van der Waals surface area contributed by atoms with E-state index in [-0.39, 0.29) is 53.1 Å². The van der Waals surface area contributed by atoms with Crippen LogP contribution in [-0.2, 0) is 0 Å². The second-order valence-electron chi connectivity index (χ2n) is 6.59. The van der Waals surface area contributed by atoms with Gasteiger partial charge in [0.2, 0.25) is 0 Å². The van der Waals surface area contributed by atoms with Crippen LogP contribution in [0.3, 0.4) is 0 Å². The summed E-state index contributed by atoms with van der Waals surface area (Å²) in [5, 5.41) is 9.87. The Labute approximate surface area is 196 Å². The Balaban J connectivity index is 1.70. The normalized spacial score (nSPS) is 11.7. The molecule has 5 rings (SSSR count). The van der Waals surface area contributed by atoms with E-state index in [4.69, 9.17) is 28.4 Å². The molecule has 0 saturated heterocycles. The van der Waals surface area contributed by atoms with Crippen molar-refractivity contribution in [2.45, 2.75) is 0 Å². The summed E-state index contributed by atoms with van der Waals surface area (Å²) in [6, 6.07) is 9.56. The minimum Gasteiger partial charge on any atom is -0.477 e. The second kappa shape index (κ2) is 8.93. The van der Waals surface area contributed by atoms with Crippen molar-refractivity contribution in [1.29, 1.82) is 0 Å². The first kappa shape index (κ1) is 21.6. The monoisotopic (exact) mass is 478 g/mol. The summed E-state index contributed by atoms with van der Waals surface area (Å²) in [6.07, 6.45) is 0. The first-order valence-electron chi connectivity index (χ1n) is 9.78. The van der Waals surface area contributed by atoms with Gasteiger partial charge in [0.25, 0.3) is 0 Å². The first-order chi connectivity index (χ1) is 17.0. The number of benzene rings is 2. The number of carbonyl (C=O) groups is 1. The van der Waals surface area contributed by atoms with Gasteiger partial charge in [0.1, 0.15) is 28.6 Å². The summed E-state index contributed by atoms with van der Waals surface area (Å²) in [5.41, 5.74) is -0.353. The lowest BCUT2D eigenvalue weighted by Gasteiger charge is -2.14. The lowest BCUT2D eigenvalue weighted by atomic mass is 10.2. The molecule has 176 valence electrons. The van der Waals surface area contributed by atoms with Crippen LogP contribution in [0.2, 0.25) is 0 Å². The standard InChI is InChI=1S/C21H14N6O8/c1-30-16-22-18-26-20(24-16)34-12-7-4-8-13(14(12)15(28)29)35-21-25-17(31-2)23-19(27-21)33-11-6-3-5-10(9-11)32-18/h3-9H,1-2H3,(H,28,29). The van der Waals surface area contributed by atoms with Crippen LogP contribution in [-0.4, -0.2) is 55.2 Å². The van der Waals surface area contributed by atoms with Crippen LogP contribution < -0.4 is 28.4 Å². The number of methoxy groups -OCH3 is 2. The van der Waals surface area contributed by atoms with Crippen molar-refractivity contribution in [3.05, 3.63) is 48.0 Å². The SMILES string of the molecule is COc1nc2nc(n1)Oc1cccc(c1C(=O)O)Oc1nc(OC)nc(n1)Oc1cccc(c1)O2. The highest BCUT2D eigenvalue weighted by Gasteiger charge is 2.23. The van der Waals surface area contributed by atoms with Gasteiger partial charge in [-0.15, -0.1) is 29.9 Å². The zero-order valence-corrected chi connectivity index (χ0v) is 18.0. The second-order valence-corrected chi connectivity index (χ2v) is 6.59. The summed E-state index contributed by atoms with van der Waals surface area (Å²) in [4.78, 5) is 36.4. The third-order valence-electron chi connectivity index (χ3n) is 4.34. The number of aromatic nitrogens is 6. The molecule has 0 atom stereocenters. The molecule has 1 aliphatic heterocycles. The van der Waals surface area contributed by atoms with E-state index in [2.05, 4.69) is 29.9 Å². The number of hydrogen-bond acceptors (Lipinski definition) is 13. The molecule has 0 unspecified atom stereocenters. The predicted molar refractivity (Wildman–Crippen MR) is 113 cm³/mol. The smallest absolute Gasteiger partial charge is 0.343 e. The molecule has 0 fully saturated rings. The molecular formula is C21H14N6O8. The van der Waals surface area contributed by atoms with E-state index in [9.17, 15) is 9.90 Å². The summed E-state index contributed by atoms with van der Waals surface area (Å²) >= 11 is 0. The van der Waals surface area contributed by atoms with E-state index in [1.165, 1.54) is 38.5 Å². The molecule has 0 amide bonds. The first-order valence-corrected chi connectivity index (χ1v) is 9.78. The maximum absolute atomic E-state index is 12.1. The molecule has 35 heavy (non-hydrogen) atoms. The summed E-state index contributed by atoms with van der Waals surface area (Å²) in [6.45, 7) is 0. The van der Waals surface area contributed by atoms with Gasteiger partial charge in [-0.1, -0.05) is 12.1 Å². The minimum absolute atomic E-state index is 0.123. The van der Waals surface area contributed by atoms with Gasteiger partial charge < -0.3 is 33.5 Å². The highest BCUT2D eigenvalue weighted by Crippen LogP contribution is 2.35. The Kier molecular flexibility index (Phi) is 5.51. The Hall–Kier alpha value is -5.27. The lowest BCUT2D eigenvalue weighted by molar-refractivity contribution is 0.0691. The van der Waals surface area contributed by atoms with Crippen LogP contribution in [0.5, 0.6) is 59.1 Å². The summed E-state index contributed by atoms with van der Waals surface area (Å²) in [5.74, 6) is -1.05. The van der Waals surface area contributed by atoms with Gasteiger partial charge in [-0.05, 0) is 24.3 Å². The van der Waals surface area contributed by atoms with Crippen molar-refractivity contribution in [3.8, 4) is 59.1 Å². The van der Waals surface area contributed by atoms with Crippen LogP contribution in [0.1, 0.15) is 10.4 Å². The Morgan fingerprint density at radius 2 is 1.11 bits per heavy atom. The molecule has 8 bridgehead atoms. The average Bonchev–Trinajstić information content (AvgIpc) is 2.83. The zero-order valence-electron chi connectivity index (χ0n) is 18.0. The zero-order chi connectivity index (χ0) is 24.4. The van der Waals surface area contributed by atoms with E-state index < -0.39 is 5.97 Å². The molecule has 1 aliphatic rings. The van der Waals surface area contributed by atoms with E-state index in [0.717, 1.165) is 0 Å².